The van der Waals surface area contributed by atoms with Gasteiger partial charge in [-0.25, -0.2) is 13.8 Å². The summed E-state index contributed by atoms with van der Waals surface area (Å²) in [5.74, 6) is 1.57. The fourth-order valence-corrected chi connectivity index (χ4v) is 10.6. The van der Waals surface area contributed by atoms with Crippen LogP contribution in [0.15, 0.2) is 176 Å². The molecule has 1 aliphatic rings. The SMILES string of the molecule is Cc1cc(C)cc(-c2cc(Oc3ccc4c5ccccc5n(-c5cc(C(C)(C)C)ccn5)c4c3)cc(N3CN(c4c(-c5cc(F)cc(F)c5)cccc4-c4cc(C(C)C)cc(C(C)C)c4)c4ccccc43)c2)c1. The third-order valence-corrected chi connectivity index (χ3v) is 14.3. The van der Waals surface area contributed by atoms with E-state index in [9.17, 15) is 0 Å². The molecule has 0 aliphatic carbocycles. The highest BCUT2D eigenvalue weighted by molar-refractivity contribution is 6.09. The van der Waals surface area contributed by atoms with E-state index in [0.717, 1.165) is 84.3 Å². The molecule has 0 atom stereocenters. The second-order valence-corrected chi connectivity index (χ2v) is 21.4. The number of ether oxygens (including phenoxy) is 1. The zero-order valence-corrected chi connectivity index (χ0v) is 43.1. The molecule has 0 unspecified atom stereocenters. The molecule has 0 N–H and O–H groups in total. The molecular weight excluding hydrogens is 903 g/mol. The average Bonchev–Trinajstić information content (AvgIpc) is 3.91. The molecular formula is C66H60F2N4O. The van der Waals surface area contributed by atoms with Crippen LogP contribution in [-0.2, 0) is 5.41 Å². The maximum absolute atomic E-state index is 15.3. The molecule has 0 amide bonds. The summed E-state index contributed by atoms with van der Waals surface area (Å²) in [5, 5.41) is 2.25. The molecule has 0 saturated heterocycles. The lowest BCUT2D eigenvalue weighted by molar-refractivity contribution is 0.483. The van der Waals surface area contributed by atoms with Gasteiger partial charge in [-0.15, -0.1) is 0 Å². The van der Waals surface area contributed by atoms with Gasteiger partial charge in [0.05, 0.1) is 28.1 Å². The van der Waals surface area contributed by atoms with E-state index in [1.807, 2.05) is 18.3 Å². The Kier molecular flexibility index (Phi) is 12.0. The highest BCUT2D eigenvalue weighted by Gasteiger charge is 2.32. The maximum atomic E-state index is 15.3. The molecule has 10 aromatic rings. The molecule has 0 spiro atoms. The minimum Gasteiger partial charge on any atom is -0.457 e. The topological polar surface area (TPSA) is 33.5 Å². The number of aryl methyl sites for hydroxylation is 2. The molecule has 2 aromatic heterocycles. The van der Waals surface area contributed by atoms with Crippen molar-refractivity contribution in [2.45, 2.75) is 79.6 Å². The molecule has 11 rings (SSSR count). The number of rotatable bonds is 10. The summed E-state index contributed by atoms with van der Waals surface area (Å²) >= 11 is 0. The third-order valence-electron chi connectivity index (χ3n) is 14.3. The average molecular weight is 963 g/mol. The van der Waals surface area contributed by atoms with E-state index < -0.39 is 11.6 Å². The first kappa shape index (κ1) is 47.3. The number of pyridine rings is 1. The van der Waals surface area contributed by atoms with E-state index in [1.165, 1.54) is 39.9 Å². The number of fused-ring (bicyclic) bond motifs is 4. The lowest BCUT2D eigenvalue weighted by Gasteiger charge is -2.28. The van der Waals surface area contributed by atoms with Crippen LogP contribution < -0.4 is 14.5 Å². The molecule has 8 aromatic carbocycles. The number of benzene rings is 8. The number of halogens is 2. The second kappa shape index (κ2) is 18.5. The van der Waals surface area contributed by atoms with E-state index in [0.29, 0.717) is 35.6 Å². The van der Waals surface area contributed by atoms with E-state index in [4.69, 9.17) is 9.72 Å². The van der Waals surface area contributed by atoms with Crippen molar-refractivity contribution in [3.05, 3.63) is 216 Å². The van der Waals surface area contributed by atoms with Crippen molar-refractivity contribution in [1.29, 1.82) is 0 Å². The molecule has 0 radical (unpaired) electrons. The number of para-hydroxylation sites is 4. The largest absolute Gasteiger partial charge is 0.457 e. The van der Waals surface area contributed by atoms with Crippen LogP contribution in [0.1, 0.15) is 88.1 Å². The molecule has 1 aliphatic heterocycles. The molecule has 364 valence electrons. The summed E-state index contributed by atoms with van der Waals surface area (Å²) in [7, 11) is 0. The first-order chi connectivity index (χ1) is 35.1. The van der Waals surface area contributed by atoms with Crippen LogP contribution >= 0.6 is 0 Å². The Labute approximate surface area is 428 Å². The van der Waals surface area contributed by atoms with Gasteiger partial charge < -0.3 is 14.5 Å². The van der Waals surface area contributed by atoms with Gasteiger partial charge in [0.25, 0.3) is 0 Å². The summed E-state index contributed by atoms with van der Waals surface area (Å²) in [5.41, 5.74) is 17.1. The third kappa shape index (κ3) is 9.03. The number of nitrogens with zero attached hydrogens (tertiary/aromatic N) is 4. The van der Waals surface area contributed by atoms with Crippen molar-refractivity contribution in [1.82, 2.24) is 9.55 Å². The van der Waals surface area contributed by atoms with E-state index in [2.05, 4.69) is 216 Å². The number of aromatic nitrogens is 2. The quantitative estimate of drug-likeness (QED) is 0.137. The number of anilines is 4. The number of hydrogen-bond acceptors (Lipinski definition) is 4. The van der Waals surface area contributed by atoms with Crippen molar-refractivity contribution >= 4 is 44.6 Å². The molecule has 0 bridgehead atoms. The normalized spacial score (nSPS) is 12.7. The van der Waals surface area contributed by atoms with Gasteiger partial charge in [-0.2, -0.15) is 0 Å². The molecule has 5 nitrogen and oxygen atoms in total. The van der Waals surface area contributed by atoms with Crippen LogP contribution in [-0.4, -0.2) is 16.2 Å². The fraction of sp³-hybridized carbons (Fsp3) is 0.197. The fourth-order valence-electron chi connectivity index (χ4n) is 10.6. The van der Waals surface area contributed by atoms with Crippen molar-refractivity contribution in [2.75, 3.05) is 16.5 Å². The summed E-state index contributed by atoms with van der Waals surface area (Å²) in [6, 6.07) is 57.4. The van der Waals surface area contributed by atoms with E-state index in [1.54, 1.807) is 0 Å². The summed E-state index contributed by atoms with van der Waals surface area (Å²) < 4.78 is 39.9. The first-order valence-corrected chi connectivity index (χ1v) is 25.4. The standard InChI is InChI=1S/C66H60F2N4O/c1-40(2)44-28-45(41(3)4)30-48(29-44)56-16-14-17-57(49-31-51(67)36-52(68)32-49)65(56)71-39-70(61-19-12-13-20-62(61)71)53-33-47(46-26-42(5)25-43(6)27-46)34-55(37-53)73-54-21-22-59-58-15-10-11-18-60(58)72(63(59)38-54)64-35-50(23-24-69-64)66(7,8)9/h10-38,40-41H,39H2,1-9H3. The Morgan fingerprint density at radius 2 is 1.14 bits per heavy atom. The highest BCUT2D eigenvalue weighted by atomic mass is 19.1. The van der Waals surface area contributed by atoms with Crippen LogP contribution in [0.5, 0.6) is 11.5 Å². The van der Waals surface area contributed by atoms with Crippen LogP contribution in [0.4, 0.5) is 31.5 Å². The number of hydrogen-bond donors (Lipinski definition) is 0. The van der Waals surface area contributed by atoms with Gasteiger partial charge in [-0.05, 0) is 137 Å². The van der Waals surface area contributed by atoms with Crippen molar-refractivity contribution in [3.8, 4) is 50.7 Å². The van der Waals surface area contributed by atoms with Gasteiger partial charge in [-0.3, -0.25) is 4.57 Å². The zero-order chi connectivity index (χ0) is 50.9. The Bertz CT molecular complexity index is 3700. The van der Waals surface area contributed by atoms with Crippen LogP contribution in [0, 0.1) is 25.5 Å². The Hall–Kier alpha value is -8.03. The Morgan fingerprint density at radius 3 is 1.81 bits per heavy atom. The van der Waals surface area contributed by atoms with Gasteiger partial charge in [0, 0.05) is 52.0 Å². The summed E-state index contributed by atoms with van der Waals surface area (Å²) in [6.45, 7) is 20.2. The first-order valence-electron chi connectivity index (χ1n) is 25.4. The zero-order valence-electron chi connectivity index (χ0n) is 43.1. The lowest BCUT2D eigenvalue weighted by Crippen LogP contribution is -2.25. The lowest BCUT2D eigenvalue weighted by atomic mass is 9.88. The van der Waals surface area contributed by atoms with Gasteiger partial charge in [0.15, 0.2) is 0 Å². The minimum atomic E-state index is -0.624. The van der Waals surface area contributed by atoms with Crippen LogP contribution in [0.25, 0.3) is 61.0 Å². The van der Waals surface area contributed by atoms with Gasteiger partial charge in [-0.1, -0.05) is 145 Å². The van der Waals surface area contributed by atoms with Crippen LogP contribution in [0.3, 0.4) is 0 Å². The van der Waals surface area contributed by atoms with Gasteiger partial charge >= 0.3 is 0 Å². The molecule has 3 heterocycles. The second-order valence-electron chi connectivity index (χ2n) is 21.4. The molecule has 0 saturated carbocycles. The predicted molar refractivity (Wildman–Crippen MR) is 300 cm³/mol. The van der Waals surface area contributed by atoms with Gasteiger partial charge in [0.1, 0.15) is 35.6 Å². The smallest absolute Gasteiger partial charge is 0.137 e. The Morgan fingerprint density at radius 1 is 0.521 bits per heavy atom. The van der Waals surface area contributed by atoms with E-state index >= 15 is 8.78 Å². The summed E-state index contributed by atoms with van der Waals surface area (Å²) in [6.07, 6.45) is 1.90. The Balaban J connectivity index is 1.08. The highest BCUT2D eigenvalue weighted by Crippen LogP contribution is 2.51. The summed E-state index contributed by atoms with van der Waals surface area (Å²) in [4.78, 5) is 9.55. The molecule has 73 heavy (non-hydrogen) atoms. The predicted octanol–water partition coefficient (Wildman–Crippen LogP) is 18.7. The van der Waals surface area contributed by atoms with Crippen molar-refractivity contribution in [2.24, 2.45) is 0 Å². The monoisotopic (exact) mass is 962 g/mol. The molecule has 0 fully saturated rings. The maximum Gasteiger partial charge on any atom is 0.137 e. The van der Waals surface area contributed by atoms with Crippen molar-refractivity contribution < 1.29 is 13.5 Å². The van der Waals surface area contributed by atoms with Crippen LogP contribution in [0.2, 0.25) is 0 Å². The van der Waals surface area contributed by atoms with Gasteiger partial charge in [0.2, 0.25) is 0 Å². The van der Waals surface area contributed by atoms with Crippen molar-refractivity contribution in [3.63, 3.8) is 0 Å². The minimum absolute atomic E-state index is 0.0560. The van der Waals surface area contributed by atoms with E-state index in [-0.39, 0.29) is 5.41 Å². The molecule has 7 heteroatoms.